The van der Waals surface area contributed by atoms with Crippen LogP contribution in [-0.2, 0) is 4.79 Å². The lowest BCUT2D eigenvalue weighted by Crippen LogP contribution is -2.22. The monoisotopic (exact) mass is 320 g/mol. The molecule has 0 saturated heterocycles. The summed E-state index contributed by atoms with van der Waals surface area (Å²) < 4.78 is 13.0. The van der Waals surface area contributed by atoms with Crippen molar-refractivity contribution >= 4 is 34.7 Å². The normalized spacial score (nSPS) is 10.1. The van der Waals surface area contributed by atoms with Crippen LogP contribution in [0.25, 0.3) is 0 Å². The molecular weight excluding hydrogens is 307 g/mol. The van der Waals surface area contributed by atoms with Crippen molar-refractivity contribution in [1.82, 2.24) is 0 Å². The largest absolute Gasteiger partial charge is 0.376 e. The van der Waals surface area contributed by atoms with E-state index in [0.29, 0.717) is 16.9 Å². The molecule has 0 saturated carbocycles. The van der Waals surface area contributed by atoms with Crippen molar-refractivity contribution in [1.29, 1.82) is 0 Å². The Kier molecular flexibility index (Phi) is 5.12. The lowest BCUT2D eigenvalue weighted by atomic mass is 10.1. The summed E-state index contributed by atoms with van der Waals surface area (Å²) in [6.07, 6.45) is 0. The third-order valence-corrected chi connectivity index (χ3v) is 3.24. The zero-order valence-electron chi connectivity index (χ0n) is 11.8. The highest BCUT2D eigenvalue weighted by Gasteiger charge is 2.09. The maximum absolute atomic E-state index is 13.0. The molecule has 1 amide bonds. The quantitative estimate of drug-likeness (QED) is 0.825. The van der Waals surface area contributed by atoms with Gasteiger partial charge < -0.3 is 10.6 Å². The van der Waals surface area contributed by atoms with Crippen molar-refractivity contribution in [2.45, 2.75) is 6.92 Å². The van der Waals surface area contributed by atoms with Crippen LogP contribution in [0.4, 0.5) is 15.8 Å². The van der Waals surface area contributed by atoms with Gasteiger partial charge in [-0.1, -0.05) is 23.7 Å². The Hall–Kier alpha value is -2.40. The molecule has 0 atom stereocenters. The predicted molar refractivity (Wildman–Crippen MR) is 85.0 cm³/mol. The molecule has 0 unspecified atom stereocenters. The van der Waals surface area contributed by atoms with E-state index >= 15 is 0 Å². The maximum atomic E-state index is 13.0. The van der Waals surface area contributed by atoms with Crippen molar-refractivity contribution in [3.63, 3.8) is 0 Å². The van der Waals surface area contributed by atoms with Crippen LogP contribution >= 0.6 is 11.6 Å². The summed E-state index contributed by atoms with van der Waals surface area (Å²) in [5.41, 5.74) is 1.43. The highest BCUT2D eigenvalue weighted by molar-refractivity contribution is 6.31. The summed E-state index contributed by atoms with van der Waals surface area (Å²) in [6.45, 7) is 1.40. The first-order chi connectivity index (χ1) is 10.5. The Morgan fingerprint density at radius 3 is 2.59 bits per heavy atom. The molecule has 2 rings (SSSR count). The van der Waals surface area contributed by atoms with Gasteiger partial charge in [0.15, 0.2) is 5.78 Å². The van der Waals surface area contributed by atoms with Gasteiger partial charge in [-0.15, -0.1) is 0 Å². The number of hydrogen-bond donors (Lipinski definition) is 2. The van der Waals surface area contributed by atoms with Gasteiger partial charge in [0, 0.05) is 11.3 Å². The predicted octanol–water partition coefficient (Wildman–Crippen LogP) is 3.73. The first-order valence-electron chi connectivity index (χ1n) is 6.56. The number of Topliss-reactive ketones (excluding diaryl/α,β-unsaturated/α-hetero) is 1. The second kappa shape index (κ2) is 7.04. The first kappa shape index (κ1) is 16.0. The minimum Gasteiger partial charge on any atom is -0.376 e. The van der Waals surface area contributed by atoms with Crippen molar-refractivity contribution in [2.75, 3.05) is 17.2 Å². The van der Waals surface area contributed by atoms with Gasteiger partial charge >= 0.3 is 0 Å². The fourth-order valence-electron chi connectivity index (χ4n) is 1.88. The topological polar surface area (TPSA) is 58.2 Å². The fourth-order valence-corrected chi connectivity index (χ4v) is 2.06. The molecule has 0 aromatic heterocycles. The standard InChI is InChI=1S/C16H14ClFN2O2/c1-10(21)12-4-2-3-5-15(12)20-16(22)9-19-11-6-7-14(18)13(17)8-11/h2-8,19H,9H2,1H3,(H,20,22). The minimum atomic E-state index is -0.521. The van der Waals surface area contributed by atoms with Gasteiger partial charge in [-0.2, -0.15) is 0 Å². The van der Waals surface area contributed by atoms with Gasteiger partial charge in [0.2, 0.25) is 5.91 Å². The average Bonchev–Trinajstić information content (AvgIpc) is 2.49. The molecule has 2 aromatic carbocycles. The van der Waals surface area contributed by atoms with Gasteiger partial charge in [0.1, 0.15) is 5.82 Å². The van der Waals surface area contributed by atoms with Crippen molar-refractivity contribution in [3.8, 4) is 0 Å². The number of hydrogen-bond acceptors (Lipinski definition) is 3. The number of halogens is 2. The summed E-state index contributed by atoms with van der Waals surface area (Å²) >= 11 is 5.66. The molecule has 0 heterocycles. The molecule has 4 nitrogen and oxygen atoms in total. The van der Waals surface area contributed by atoms with E-state index in [9.17, 15) is 14.0 Å². The molecule has 2 aromatic rings. The van der Waals surface area contributed by atoms with Crippen LogP contribution in [0.1, 0.15) is 17.3 Å². The summed E-state index contributed by atoms with van der Waals surface area (Å²) in [5.74, 6) is -0.977. The van der Waals surface area contributed by atoms with Crippen molar-refractivity contribution < 1.29 is 14.0 Å². The van der Waals surface area contributed by atoms with Crippen LogP contribution in [0, 0.1) is 5.82 Å². The molecule has 2 N–H and O–H groups in total. The third kappa shape index (κ3) is 4.05. The Balaban J connectivity index is 1.99. The lowest BCUT2D eigenvalue weighted by Gasteiger charge is -2.10. The summed E-state index contributed by atoms with van der Waals surface area (Å²) in [7, 11) is 0. The molecule has 22 heavy (non-hydrogen) atoms. The zero-order chi connectivity index (χ0) is 16.1. The van der Waals surface area contributed by atoms with Crippen molar-refractivity contribution in [3.05, 3.63) is 58.9 Å². The van der Waals surface area contributed by atoms with E-state index in [4.69, 9.17) is 11.6 Å². The maximum Gasteiger partial charge on any atom is 0.243 e. The molecule has 0 fully saturated rings. The number of benzene rings is 2. The summed E-state index contributed by atoms with van der Waals surface area (Å²) in [6, 6.07) is 10.9. The fraction of sp³-hybridized carbons (Fsp3) is 0.125. The average molecular weight is 321 g/mol. The van der Waals surface area contributed by atoms with Crippen LogP contribution in [0.3, 0.4) is 0 Å². The summed E-state index contributed by atoms with van der Waals surface area (Å²) in [4.78, 5) is 23.4. The third-order valence-electron chi connectivity index (χ3n) is 2.95. The Labute approximate surface area is 132 Å². The number of amides is 1. The Morgan fingerprint density at radius 1 is 1.18 bits per heavy atom. The van der Waals surface area contributed by atoms with E-state index in [0.717, 1.165) is 0 Å². The Morgan fingerprint density at radius 2 is 1.91 bits per heavy atom. The van der Waals surface area contributed by atoms with E-state index in [1.165, 1.54) is 25.1 Å². The molecule has 6 heteroatoms. The van der Waals surface area contributed by atoms with E-state index in [1.54, 1.807) is 24.3 Å². The van der Waals surface area contributed by atoms with Gasteiger partial charge in [-0.3, -0.25) is 9.59 Å². The number of para-hydroxylation sites is 1. The molecule has 0 aliphatic heterocycles. The number of carbonyl (C=O) groups is 2. The number of nitrogens with one attached hydrogen (secondary N) is 2. The van der Waals surface area contributed by atoms with Crippen LogP contribution in [0.5, 0.6) is 0 Å². The summed E-state index contributed by atoms with van der Waals surface area (Å²) in [5, 5.41) is 5.47. The minimum absolute atomic E-state index is 0.0210. The number of rotatable bonds is 5. The van der Waals surface area contributed by atoms with Gasteiger partial charge in [0.05, 0.1) is 17.3 Å². The van der Waals surface area contributed by atoms with Crippen LogP contribution in [0.2, 0.25) is 5.02 Å². The highest BCUT2D eigenvalue weighted by atomic mass is 35.5. The molecule has 0 aliphatic carbocycles. The van der Waals surface area contributed by atoms with Gasteiger partial charge in [-0.25, -0.2) is 4.39 Å². The first-order valence-corrected chi connectivity index (χ1v) is 6.94. The molecule has 0 radical (unpaired) electrons. The van der Waals surface area contributed by atoms with E-state index in [-0.39, 0.29) is 23.3 Å². The van der Waals surface area contributed by atoms with Crippen LogP contribution < -0.4 is 10.6 Å². The van der Waals surface area contributed by atoms with E-state index in [1.807, 2.05) is 0 Å². The van der Waals surface area contributed by atoms with Crippen molar-refractivity contribution in [2.24, 2.45) is 0 Å². The molecular formula is C16H14ClFN2O2. The Bertz CT molecular complexity index is 719. The molecule has 0 bridgehead atoms. The SMILES string of the molecule is CC(=O)c1ccccc1NC(=O)CNc1ccc(F)c(Cl)c1. The van der Waals surface area contributed by atoms with E-state index < -0.39 is 5.82 Å². The molecule has 0 spiro atoms. The number of carbonyl (C=O) groups excluding carboxylic acids is 2. The van der Waals surface area contributed by atoms with Crippen LogP contribution in [-0.4, -0.2) is 18.2 Å². The second-order valence-electron chi connectivity index (χ2n) is 4.63. The van der Waals surface area contributed by atoms with Gasteiger partial charge in [-0.05, 0) is 37.3 Å². The van der Waals surface area contributed by atoms with Gasteiger partial charge in [0.25, 0.3) is 0 Å². The zero-order valence-corrected chi connectivity index (χ0v) is 12.6. The van der Waals surface area contributed by atoms with Crippen LogP contribution in [0.15, 0.2) is 42.5 Å². The smallest absolute Gasteiger partial charge is 0.243 e. The number of anilines is 2. The number of ketones is 1. The molecule has 114 valence electrons. The second-order valence-corrected chi connectivity index (χ2v) is 5.04. The molecule has 0 aliphatic rings. The van der Waals surface area contributed by atoms with E-state index in [2.05, 4.69) is 10.6 Å². The highest BCUT2D eigenvalue weighted by Crippen LogP contribution is 2.19. The lowest BCUT2D eigenvalue weighted by molar-refractivity contribution is -0.114.